The molecule has 2 aliphatic rings. The van der Waals surface area contributed by atoms with E-state index in [0.29, 0.717) is 10.5 Å². The summed E-state index contributed by atoms with van der Waals surface area (Å²) in [6.45, 7) is 1.96. The zero-order chi connectivity index (χ0) is 20.2. The van der Waals surface area contributed by atoms with Crippen LogP contribution in [-0.2, 0) is 4.79 Å². The minimum absolute atomic E-state index is 0.0773. The summed E-state index contributed by atoms with van der Waals surface area (Å²) in [5.41, 5.74) is 3.29. The highest BCUT2D eigenvalue weighted by Gasteiger charge is 2.25. The lowest BCUT2D eigenvalue weighted by atomic mass is 10.1. The first kappa shape index (κ1) is 19.2. The number of nitrogens with one attached hydrogen (secondary N) is 1. The van der Waals surface area contributed by atoms with Crippen molar-refractivity contribution in [1.29, 1.82) is 0 Å². The number of nitrogens with zero attached hydrogens (tertiary/aromatic N) is 1. The fraction of sp³-hybridized carbons (Fsp3) is 0.125. The first-order valence-corrected chi connectivity index (χ1v) is 10.3. The quantitative estimate of drug-likeness (QED) is 0.755. The summed E-state index contributed by atoms with van der Waals surface area (Å²) in [5.74, 6) is -0.350. The van der Waals surface area contributed by atoms with Crippen LogP contribution < -0.4 is 5.32 Å². The van der Waals surface area contributed by atoms with Gasteiger partial charge in [-0.05, 0) is 42.3 Å². The van der Waals surface area contributed by atoms with Gasteiger partial charge in [0.2, 0.25) is 0 Å². The van der Waals surface area contributed by atoms with Gasteiger partial charge in [0.05, 0.1) is 21.9 Å². The summed E-state index contributed by atoms with van der Waals surface area (Å²) in [5, 5.41) is 3.08. The molecular weight excluding hydrogens is 380 g/mol. The molecule has 0 aromatic heterocycles. The second-order valence-electron chi connectivity index (χ2n) is 6.86. The van der Waals surface area contributed by atoms with Crippen LogP contribution in [0.2, 0.25) is 0 Å². The van der Waals surface area contributed by atoms with Crippen LogP contribution in [0.3, 0.4) is 0 Å². The van der Waals surface area contributed by atoms with Gasteiger partial charge in [0.1, 0.15) is 0 Å². The van der Waals surface area contributed by atoms with Gasteiger partial charge in [-0.2, -0.15) is 0 Å². The van der Waals surface area contributed by atoms with Crippen molar-refractivity contribution in [3.63, 3.8) is 0 Å². The summed E-state index contributed by atoms with van der Waals surface area (Å²) in [6, 6.07) is 17.0. The van der Waals surface area contributed by atoms with E-state index in [2.05, 4.69) is 10.3 Å². The second kappa shape index (κ2) is 8.45. The van der Waals surface area contributed by atoms with Crippen molar-refractivity contribution in [2.45, 2.75) is 18.2 Å². The molecule has 1 aliphatic heterocycles. The standard InChI is InChI=1S/C24H20N2O2S/c1-16(18-7-3-2-4-8-18)25-23(27)19-13-11-17(12-14-19)15-22-24(28)26-20-9-5-6-10-21(20)29-22/h2-16,21H,1H3,(H,25,27)/b22-15+. The molecule has 144 valence electrons. The molecule has 0 saturated carbocycles. The van der Waals surface area contributed by atoms with Gasteiger partial charge in [-0.25, -0.2) is 4.99 Å². The van der Waals surface area contributed by atoms with E-state index in [1.807, 2.05) is 79.8 Å². The van der Waals surface area contributed by atoms with Gasteiger partial charge in [-0.15, -0.1) is 11.8 Å². The van der Waals surface area contributed by atoms with E-state index in [1.165, 1.54) is 11.8 Å². The molecule has 0 bridgehead atoms. The van der Waals surface area contributed by atoms with E-state index in [0.717, 1.165) is 16.8 Å². The number of hydrogen-bond donors (Lipinski definition) is 1. The maximum Gasteiger partial charge on any atom is 0.283 e. The summed E-state index contributed by atoms with van der Waals surface area (Å²) < 4.78 is 0. The number of fused-ring (bicyclic) bond motifs is 1. The molecule has 29 heavy (non-hydrogen) atoms. The van der Waals surface area contributed by atoms with E-state index in [4.69, 9.17) is 0 Å². The summed E-state index contributed by atoms with van der Waals surface area (Å²) in [6.07, 6.45) is 9.59. The van der Waals surface area contributed by atoms with Crippen molar-refractivity contribution < 1.29 is 9.59 Å². The SMILES string of the molecule is CC(NC(=O)c1ccc(/C=C2/SC3C=CC=CC3=NC2=O)cc1)c1ccccc1. The van der Waals surface area contributed by atoms with Gasteiger partial charge in [-0.3, -0.25) is 9.59 Å². The Bertz CT molecular complexity index is 1050. The lowest BCUT2D eigenvalue weighted by molar-refractivity contribution is -0.113. The average molecular weight is 401 g/mol. The van der Waals surface area contributed by atoms with Crippen LogP contribution in [0.4, 0.5) is 0 Å². The smallest absolute Gasteiger partial charge is 0.283 e. The number of carbonyl (C=O) groups excluding carboxylic acids is 2. The van der Waals surface area contributed by atoms with Crippen LogP contribution in [-0.4, -0.2) is 22.8 Å². The largest absolute Gasteiger partial charge is 0.346 e. The number of aliphatic imine (C=N–C) groups is 1. The molecule has 0 radical (unpaired) electrons. The lowest BCUT2D eigenvalue weighted by Gasteiger charge is -2.20. The number of carbonyl (C=O) groups is 2. The van der Waals surface area contributed by atoms with Gasteiger partial charge in [0.25, 0.3) is 11.8 Å². The maximum absolute atomic E-state index is 12.5. The number of rotatable bonds is 4. The fourth-order valence-electron chi connectivity index (χ4n) is 3.16. The van der Waals surface area contributed by atoms with Crippen molar-refractivity contribution in [3.05, 3.63) is 100 Å². The Morgan fingerprint density at radius 1 is 1.10 bits per heavy atom. The topological polar surface area (TPSA) is 58.5 Å². The van der Waals surface area contributed by atoms with E-state index in [-0.39, 0.29) is 23.1 Å². The van der Waals surface area contributed by atoms with Crippen LogP contribution in [0, 0.1) is 0 Å². The van der Waals surface area contributed by atoms with Crippen LogP contribution in [0.15, 0.2) is 88.8 Å². The molecule has 5 heteroatoms. The van der Waals surface area contributed by atoms with Crippen LogP contribution in [0.5, 0.6) is 0 Å². The predicted octanol–water partition coefficient (Wildman–Crippen LogP) is 4.73. The fourth-order valence-corrected chi connectivity index (χ4v) is 4.20. The molecule has 2 unspecified atom stereocenters. The molecule has 2 aromatic rings. The van der Waals surface area contributed by atoms with Crippen LogP contribution >= 0.6 is 11.8 Å². The van der Waals surface area contributed by atoms with Gasteiger partial charge in [-0.1, -0.05) is 60.7 Å². The third-order valence-electron chi connectivity index (χ3n) is 4.77. The monoisotopic (exact) mass is 400 g/mol. The highest BCUT2D eigenvalue weighted by Crippen LogP contribution is 2.32. The normalized spacial score (nSPS) is 20.2. The molecule has 0 fully saturated rings. The molecule has 4 nitrogen and oxygen atoms in total. The highest BCUT2D eigenvalue weighted by molar-refractivity contribution is 8.05. The van der Waals surface area contributed by atoms with Crippen LogP contribution in [0.25, 0.3) is 6.08 Å². The van der Waals surface area contributed by atoms with Gasteiger partial charge >= 0.3 is 0 Å². The number of amides is 2. The van der Waals surface area contributed by atoms with Gasteiger partial charge in [0, 0.05) is 5.56 Å². The Morgan fingerprint density at radius 2 is 1.86 bits per heavy atom. The van der Waals surface area contributed by atoms with Crippen molar-refractivity contribution in [2.75, 3.05) is 0 Å². The minimum Gasteiger partial charge on any atom is -0.346 e. The number of allylic oxidation sites excluding steroid dienone is 3. The second-order valence-corrected chi connectivity index (χ2v) is 8.04. The molecule has 2 atom stereocenters. The Hall–Kier alpha value is -3.18. The number of hydrogen-bond acceptors (Lipinski definition) is 3. The van der Waals surface area contributed by atoms with E-state index >= 15 is 0 Å². The first-order valence-electron chi connectivity index (χ1n) is 9.42. The van der Waals surface area contributed by atoms with Gasteiger partial charge < -0.3 is 5.32 Å². The average Bonchev–Trinajstić information content (AvgIpc) is 2.75. The van der Waals surface area contributed by atoms with Crippen molar-refractivity contribution >= 4 is 35.4 Å². The first-order chi connectivity index (χ1) is 14.1. The lowest BCUT2D eigenvalue weighted by Crippen LogP contribution is -2.26. The van der Waals surface area contributed by atoms with E-state index in [9.17, 15) is 9.59 Å². The van der Waals surface area contributed by atoms with Crippen molar-refractivity contribution in [2.24, 2.45) is 4.99 Å². The Kier molecular flexibility index (Phi) is 5.58. The Morgan fingerprint density at radius 3 is 2.62 bits per heavy atom. The molecule has 2 amide bonds. The molecular formula is C24H20N2O2S. The molecule has 1 N–H and O–H groups in total. The molecule has 2 aromatic carbocycles. The molecule has 1 heterocycles. The third kappa shape index (κ3) is 4.46. The van der Waals surface area contributed by atoms with Gasteiger partial charge in [0.15, 0.2) is 0 Å². The summed E-state index contributed by atoms with van der Waals surface area (Å²) in [7, 11) is 0. The maximum atomic E-state index is 12.5. The molecule has 0 spiro atoms. The number of benzene rings is 2. The Balaban J connectivity index is 1.45. The Labute approximate surface area is 174 Å². The third-order valence-corrected chi connectivity index (χ3v) is 5.97. The van der Waals surface area contributed by atoms with E-state index < -0.39 is 0 Å². The number of thioether (sulfide) groups is 1. The van der Waals surface area contributed by atoms with Crippen molar-refractivity contribution in [1.82, 2.24) is 5.32 Å². The molecule has 1 aliphatic carbocycles. The minimum atomic E-state index is -0.222. The van der Waals surface area contributed by atoms with Crippen molar-refractivity contribution in [3.8, 4) is 0 Å². The zero-order valence-electron chi connectivity index (χ0n) is 15.9. The molecule has 0 saturated heterocycles. The summed E-state index contributed by atoms with van der Waals surface area (Å²) in [4.78, 5) is 29.6. The zero-order valence-corrected chi connectivity index (χ0v) is 16.7. The van der Waals surface area contributed by atoms with Crippen LogP contribution in [0.1, 0.15) is 34.5 Å². The molecule has 4 rings (SSSR count). The predicted molar refractivity (Wildman–Crippen MR) is 119 cm³/mol. The highest BCUT2D eigenvalue weighted by atomic mass is 32.2. The van der Waals surface area contributed by atoms with E-state index in [1.54, 1.807) is 12.1 Å². The summed E-state index contributed by atoms with van der Waals surface area (Å²) >= 11 is 1.50.